The van der Waals surface area contributed by atoms with Gasteiger partial charge in [-0.15, -0.1) is 0 Å². The first kappa shape index (κ1) is 16.4. The molecule has 3 heteroatoms. The summed E-state index contributed by atoms with van der Waals surface area (Å²) < 4.78 is 11.1. The minimum atomic E-state index is -1.98. The van der Waals surface area contributed by atoms with Crippen molar-refractivity contribution in [2.45, 2.75) is 69.9 Å². The van der Waals surface area contributed by atoms with Crippen LogP contribution in [-0.2, 0) is 35.9 Å². The van der Waals surface area contributed by atoms with E-state index in [9.17, 15) is 0 Å². The van der Waals surface area contributed by atoms with Gasteiger partial charge in [0.1, 0.15) is 0 Å². The van der Waals surface area contributed by atoms with E-state index in [2.05, 4.69) is 52.0 Å². The van der Waals surface area contributed by atoms with Crippen molar-refractivity contribution in [1.29, 1.82) is 0 Å². The van der Waals surface area contributed by atoms with Crippen LogP contribution in [0.2, 0.25) is 28.4 Å². The molecular weight excluding hydrogens is 256 g/mol. The van der Waals surface area contributed by atoms with Gasteiger partial charge < -0.3 is 0 Å². The van der Waals surface area contributed by atoms with Crippen molar-refractivity contribution in [3.8, 4) is 0 Å². The second-order valence-electron chi connectivity index (χ2n) is 5.79. The molecule has 0 saturated carbocycles. The molecule has 0 radical (unpaired) electrons. The van der Waals surface area contributed by atoms with Crippen molar-refractivity contribution >= 4 is 0 Å². The van der Waals surface area contributed by atoms with E-state index in [-0.39, 0.29) is 0 Å². The Hall–Kier alpha value is 1.39. The molecule has 0 aliphatic heterocycles. The SMILES string of the molecule is C[CH2][Ti]([CH2]C)([O][Ti]([CH3])([CH3])[CH](C)C)[CH](C)C. The van der Waals surface area contributed by atoms with Crippen LogP contribution in [0, 0.1) is 0 Å². The fraction of sp³-hybridized carbons (Fsp3) is 1.00. The van der Waals surface area contributed by atoms with Crippen LogP contribution in [0.1, 0.15) is 41.5 Å². The van der Waals surface area contributed by atoms with Gasteiger partial charge in [-0.2, -0.15) is 0 Å². The van der Waals surface area contributed by atoms with Gasteiger partial charge in [-0.3, -0.25) is 0 Å². The summed E-state index contributed by atoms with van der Waals surface area (Å²) in [6.07, 6.45) is 0. The number of hydrogen-bond acceptors (Lipinski definition) is 1. The van der Waals surface area contributed by atoms with Crippen molar-refractivity contribution in [3.05, 3.63) is 0 Å². The van der Waals surface area contributed by atoms with E-state index >= 15 is 0 Å². The van der Waals surface area contributed by atoms with E-state index in [1.165, 1.54) is 9.45 Å². The van der Waals surface area contributed by atoms with Crippen molar-refractivity contribution in [2.75, 3.05) is 0 Å². The van der Waals surface area contributed by atoms with Crippen molar-refractivity contribution in [1.82, 2.24) is 0 Å². The molecule has 0 N–H and O–H groups in total. The Labute approximate surface area is 105 Å². The van der Waals surface area contributed by atoms with Crippen LogP contribution in [-0.4, -0.2) is 0 Å². The van der Waals surface area contributed by atoms with E-state index < -0.39 is 34.0 Å². The Morgan fingerprint density at radius 2 is 1.27 bits per heavy atom. The maximum absolute atomic E-state index is 6.82. The van der Waals surface area contributed by atoms with Crippen LogP contribution in [0.25, 0.3) is 0 Å². The van der Waals surface area contributed by atoms with E-state index in [1.54, 1.807) is 0 Å². The number of hydrogen-bond donors (Lipinski definition) is 0. The Bertz CT molecular complexity index is 184. The molecule has 0 bridgehead atoms. The van der Waals surface area contributed by atoms with Gasteiger partial charge in [0.2, 0.25) is 0 Å². The molecule has 0 aromatic heterocycles. The summed E-state index contributed by atoms with van der Waals surface area (Å²) >= 11 is -3.94. The van der Waals surface area contributed by atoms with Gasteiger partial charge in [-0.25, -0.2) is 0 Å². The van der Waals surface area contributed by atoms with Crippen molar-refractivity contribution in [3.63, 3.8) is 0 Å². The van der Waals surface area contributed by atoms with Crippen LogP contribution >= 0.6 is 0 Å². The summed E-state index contributed by atoms with van der Waals surface area (Å²) in [5.41, 5.74) is 0. The van der Waals surface area contributed by atoms with Crippen LogP contribution in [0.5, 0.6) is 0 Å². The van der Waals surface area contributed by atoms with E-state index in [0.29, 0.717) is 0 Å². The molecule has 0 aliphatic rings. The standard InChI is InChI=1S/2C3H7.2C2H5.2CH3.O.2Ti/c2*1-3-2;2*1-2;;;;;/h2*3H,1-2H3;2*1H2,2H3;2*1H3;;;. The Balaban J connectivity index is 4.83. The Kier molecular flexibility index (Phi) is 6.94. The van der Waals surface area contributed by atoms with Crippen LogP contribution in [0.3, 0.4) is 0 Å². The Morgan fingerprint density at radius 1 is 0.867 bits per heavy atom. The first-order valence-corrected chi connectivity index (χ1v) is 14.8. The fourth-order valence-electron chi connectivity index (χ4n) is 1.97. The fourth-order valence-corrected chi connectivity index (χ4v) is 19.8. The van der Waals surface area contributed by atoms with E-state index in [0.717, 1.165) is 8.45 Å². The van der Waals surface area contributed by atoms with Crippen LogP contribution in [0.4, 0.5) is 0 Å². The molecule has 0 aromatic rings. The second-order valence-corrected chi connectivity index (χ2v) is 21.6. The van der Waals surface area contributed by atoms with Crippen molar-refractivity contribution < 1.29 is 35.9 Å². The van der Waals surface area contributed by atoms with Gasteiger partial charge in [-0.1, -0.05) is 0 Å². The zero-order valence-electron chi connectivity index (χ0n) is 12.0. The van der Waals surface area contributed by atoms with Crippen LogP contribution < -0.4 is 0 Å². The molecule has 0 heterocycles. The third kappa shape index (κ3) is 4.28. The molecule has 1 nitrogen and oxygen atoms in total. The second kappa shape index (κ2) is 6.36. The third-order valence-electron chi connectivity index (χ3n) is 4.11. The monoisotopic (exact) mass is 286 g/mol. The van der Waals surface area contributed by atoms with Gasteiger partial charge in [0.05, 0.1) is 0 Å². The normalized spacial score (nSPS) is 14.0. The minimum absolute atomic E-state index is 0.784. The topological polar surface area (TPSA) is 9.23 Å². The summed E-state index contributed by atoms with van der Waals surface area (Å²) in [5.74, 6) is 0. The molecule has 0 saturated heterocycles. The first-order valence-electron chi connectivity index (χ1n) is 6.42. The zero-order chi connectivity index (χ0) is 12.3. The zero-order valence-corrected chi connectivity index (χ0v) is 15.1. The molecule has 92 valence electrons. The summed E-state index contributed by atoms with van der Waals surface area (Å²) in [6.45, 7) is 14.2. The summed E-state index contributed by atoms with van der Waals surface area (Å²) in [6, 6.07) is 0. The summed E-state index contributed by atoms with van der Waals surface area (Å²) in [7, 11) is 0. The Morgan fingerprint density at radius 3 is 1.47 bits per heavy atom. The summed E-state index contributed by atoms with van der Waals surface area (Å²) in [5, 5.41) is 4.89. The molecule has 0 rings (SSSR count). The van der Waals surface area contributed by atoms with Gasteiger partial charge >= 0.3 is 106 Å². The van der Waals surface area contributed by atoms with Gasteiger partial charge in [-0.05, 0) is 0 Å². The predicted octanol–water partition coefficient (Wildman–Crippen LogP) is 5.77. The third-order valence-corrected chi connectivity index (χ3v) is 22.9. The van der Waals surface area contributed by atoms with Crippen molar-refractivity contribution in [2.24, 2.45) is 0 Å². The molecular formula is C12H30OTi2. The summed E-state index contributed by atoms with van der Waals surface area (Å²) in [4.78, 5) is 0. The molecule has 15 heavy (non-hydrogen) atoms. The van der Waals surface area contributed by atoms with E-state index in [4.69, 9.17) is 1.90 Å². The predicted molar refractivity (Wildman–Crippen MR) is 64.0 cm³/mol. The molecule has 0 unspecified atom stereocenters. The van der Waals surface area contributed by atoms with Gasteiger partial charge in [0.25, 0.3) is 0 Å². The van der Waals surface area contributed by atoms with E-state index in [1.807, 2.05) is 0 Å². The molecule has 0 aliphatic carbocycles. The van der Waals surface area contributed by atoms with Crippen LogP contribution in [0.15, 0.2) is 0 Å². The average Bonchev–Trinajstić information content (AvgIpc) is 2.13. The maximum atomic E-state index is 6.82. The average molecular weight is 286 g/mol. The number of rotatable bonds is 6. The molecule has 0 fully saturated rings. The molecule has 0 amide bonds. The van der Waals surface area contributed by atoms with Gasteiger partial charge in [0, 0.05) is 0 Å². The quantitative estimate of drug-likeness (QED) is 0.563. The molecule has 0 aromatic carbocycles. The molecule has 0 atom stereocenters. The van der Waals surface area contributed by atoms with Gasteiger partial charge in [0.15, 0.2) is 0 Å². The first-order chi connectivity index (χ1) is 6.72. The molecule has 0 spiro atoms.